The van der Waals surface area contributed by atoms with Crippen molar-refractivity contribution in [3.8, 4) is 0 Å². The van der Waals surface area contributed by atoms with Crippen molar-refractivity contribution in [2.75, 3.05) is 8.46 Å². The van der Waals surface area contributed by atoms with Gasteiger partial charge in [-0.25, -0.2) is 0 Å². The lowest BCUT2D eigenvalue weighted by Gasteiger charge is -2.58. The molecule has 210 valence electrons. The van der Waals surface area contributed by atoms with Gasteiger partial charge in [-0.1, -0.05) is 95.2 Å². The van der Waals surface area contributed by atoms with Gasteiger partial charge in [0.25, 0.3) is 0 Å². The first-order valence-corrected chi connectivity index (χ1v) is 26.2. The summed E-state index contributed by atoms with van der Waals surface area (Å²) in [5, 5.41) is 0. The van der Waals surface area contributed by atoms with Crippen LogP contribution in [0.2, 0.25) is 72.5 Å². The van der Waals surface area contributed by atoms with Gasteiger partial charge in [-0.3, -0.25) is 0 Å². The fourth-order valence-corrected chi connectivity index (χ4v) is 34.1. The topological polar surface area (TPSA) is 6.48 Å². The van der Waals surface area contributed by atoms with Crippen molar-refractivity contribution in [3.05, 3.63) is 24.3 Å². The quantitative estimate of drug-likeness (QED) is 0.164. The third kappa shape index (κ3) is 5.81. The highest BCUT2D eigenvalue weighted by Crippen LogP contribution is 2.48. The lowest BCUT2D eigenvalue weighted by atomic mass is 10.3. The average Bonchev–Trinajstić information content (AvgIpc) is 2.95. The predicted octanol–water partition coefficient (Wildman–Crippen LogP) is 11.3. The van der Waals surface area contributed by atoms with Crippen molar-refractivity contribution in [1.29, 1.82) is 0 Å². The lowest BCUT2D eigenvalue weighted by Crippen LogP contribution is -2.69. The third-order valence-electron chi connectivity index (χ3n) is 11.2. The minimum Gasteiger partial charge on any atom is -0.422 e. The molecule has 0 atom stereocenters. The van der Waals surface area contributed by atoms with Gasteiger partial charge < -0.3 is 8.46 Å². The summed E-state index contributed by atoms with van der Waals surface area (Å²) in [6, 6.07) is 26.4. The van der Waals surface area contributed by atoms with Crippen molar-refractivity contribution in [2.24, 2.45) is 0 Å². The second-order valence-corrected chi connectivity index (χ2v) is 32.3. The summed E-state index contributed by atoms with van der Waals surface area (Å²) in [6.07, 6.45) is 0. The molecule has 1 aromatic carbocycles. The zero-order chi connectivity index (χ0) is 27.6. The van der Waals surface area contributed by atoms with Crippen LogP contribution in [-0.2, 0) is 0 Å². The van der Waals surface area contributed by atoms with Gasteiger partial charge in [0.15, 0.2) is 0 Å². The summed E-state index contributed by atoms with van der Waals surface area (Å²) >= 11 is 0. The third-order valence-corrected chi connectivity index (χ3v) is 37.4. The second kappa shape index (κ2) is 14.7. The first kappa shape index (κ1) is 33.7. The van der Waals surface area contributed by atoms with Crippen molar-refractivity contribution < 1.29 is 0 Å². The highest BCUT2D eigenvalue weighted by molar-refractivity contribution is 7.04. The number of nitrogens with zero attached hydrogens (tertiary/aromatic N) is 2. The Balaban J connectivity index is 4.30. The molecule has 36 heavy (non-hydrogen) atoms. The number of hydrogen-bond donors (Lipinski definition) is 0. The monoisotopic (exact) mass is 564 g/mol. The van der Waals surface area contributed by atoms with Crippen molar-refractivity contribution >= 4 is 44.3 Å². The molecule has 0 unspecified atom stereocenters. The van der Waals surface area contributed by atoms with Crippen LogP contribution in [0.1, 0.15) is 83.1 Å². The zero-order valence-electron chi connectivity index (χ0n) is 26.7. The van der Waals surface area contributed by atoms with Crippen LogP contribution in [0, 0.1) is 0 Å². The molecule has 0 spiro atoms. The Hall–Kier alpha value is -0.312. The molecule has 0 amide bonds. The smallest absolute Gasteiger partial charge is 0.147 e. The maximum atomic E-state index is 3.29. The van der Waals surface area contributed by atoms with Gasteiger partial charge in [-0.15, -0.1) is 0 Å². The van der Waals surface area contributed by atoms with Crippen molar-refractivity contribution in [2.45, 2.75) is 156 Å². The maximum Gasteiger partial charge on any atom is 0.147 e. The van der Waals surface area contributed by atoms with E-state index < -0.39 is 32.9 Å². The molecule has 0 aromatic heterocycles. The van der Waals surface area contributed by atoms with Crippen LogP contribution < -0.4 is 8.46 Å². The van der Waals surface area contributed by atoms with Crippen LogP contribution >= 0.6 is 0 Å². The van der Waals surface area contributed by atoms with Crippen molar-refractivity contribution in [3.63, 3.8) is 0 Å². The van der Waals surface area contributed by atoms with E-state index in [2.05, 4.69) is 116 Å². The number of benzene rings is 1. The SMILES string of the molecule is CC[Si](CC)(CC)N(c1ccccc1N([Si](CC)(CC)CC)[Si](CC)(CC)CC)[Si](CC)(CC)CC. The minimum atomic E-state index is -1.64. The van der Waals surface area contributed by atoms with Gasteiger partial charge in [0, 0.05) is 11.4 Å². The van der Waals surface area contributed by atoms with Crippen LogP contribution in [0.5, 0.6) is 0 Å². The van der Waals surface area contributed by atoms with Crippen LogP contribution in [0.3, 0.4) is 0 Å². The highest BCUT2D eigenvalue weighted by atomic mass is 28.4. The van der Waals surface area contributed by atoms with E-state index >= 15 is 0 Å². The molecule has 0 aliphatic heterocycles. The number of para-hydroxylation sites is 2. The van der Waals surface area contributed by atoms with E-state index in [9.17, 15) is 0 Å². The Bertz CT molecular complexity index is 617. The van der Waals surface area contributed by atoms with E-state index in [-0.39, 0.29) is 0 Å². The molecule has 0 saturated heterocycles. The molecular weight excluding hydrogens is 501 g/mol. The Morgan fingerprint density at radius 1 is 0.361 bits per heavy atom. The van der Waals surface area contributed by atoms with E-state index in [0.717, 1.165) is 0 Å². The number of anilines is 2. The van der Waals surface area contributed by atoms with Crippen molar-refractivity contribution in [1.82, 2.24) is 0 Å². The van der Waals surface area contributed by atoms with Gasteiger partial charge in [0.2, 0.25) is 0 Å². The van der Waals surface area contributed by atoms with E-state index in [4.69, 9.17) is 0 Å². The molecule has 0 aliphatic carbocycles. The predicted molar refractivity (Wildman–Crippen MR) is 180 cm³/mol. The van der Waals surface area contributed by atoms with Crippen LogP contribution in [0.15, 0.2) is 24.3 Å². The van der Waals surface area contributed by atoms with Crippen LogP contribution in [-0.4, -0.2) is 32.9 Å². The van der Waals surface area contributed by atoms with Gasteiger partial charge >= 0.3 is 0 Å². The van der Waals surface area contributed by atoms with E-state index in [1.54, 1.807) is 11.4 Å². The summed E-state index contributed by atoms with van der Waals surface area (Å²) in [5.41, 5.74) is 3.35. The van der Waals surface area contributed by atoms with Gasteiger partial charge in [0.05, 0.1) is 0 Å². The standard InChI is InChI=1S/C30H64N2Si4/c1-13-33(14-2,15-3)31(34(16-4,17-5)18-6)29-27-25-26-28-30(29)32(35(19-7,20-8)21-9)36(22-10,23-11)24-12/h25-28H,13-24H2,1-12H3. The molecule has 0 bridgehead atoms. The molecule has 0 heterocycles. The fourth-order valence-electron chi connectivity index (χ4n) is 7.77. The Morgan fingerprint density at radius 2 is 0.528 bits per heavy atom. The fraction of sp³-hybridized carbons (Fsp3) is 0.800. The Morgan fingerprint density at radius 3 is 0.667 bits per heavy atom. The molecule has 2 nitrogen and oxygen atoms in total. The largest absolute Gasteiger partial charge is 0.422 e. The summed E-state index contributed by atoms with van der Waals surface area (Å²) in [5.74, 6) is 0. The maximum absolute atomic E-state index is 3.29. The molecule has 0 saturated carbocycles. The summed E-state index contributed by atoms with van der Waals surface area (Å²) < 4.78 is 6.59. The van der Waals surface area contributed by atoms with E-state index in [0.29, 0.717) is 0 Å². The molecule has 1 rings (SSSR count). The highest BCUT2D eigenvalue weighted by Gasteiger charge is 2.51. The molecule has 0 N–H and O–H groups in total. The molecular formula is C30H64N2Si4. The first-order valence-electron chi connectivity index (χ1n) is 15.9. The normalized spacial score (nSPS) is 13.2. The lowest BCUT2D eigenvalue weighted by molar-refractivity contribution is 1.04. The number of hydrogen-bond acceptors (Lipinski definition) is 2. The number of rotatable bonds is 18. The summed E-state index contributed by atoms with van der Waals surface area (Å²) in [6.45, 7) is 30.3. The second-order valence-electron chi connectivity index (χ2n) is 11.3. The molecule has 0 radical (unpaired) electrons. The molecule has 0 aliphatic rings. The van der Waals surface area contributed by atoms with Crippen LogP contribution in [0.4, 0.5) is 11.4 Å². The molecule has 1 aromatic rings. The molecule has 0 fully saturated rings. The molecule has 6 heteroatoms. The van der Waals surface area contributed by atoms with Gasteiger partial charge in [-0.2, -0.15) is 0 Å². The minimum absolute atomic E-state index is 1.37. The zero-order valence-corrected chi connectivity index (χ0v) is 30.7. The average molecular weight is 565 g/mol. The summed E-state index contributed by atoms with van der Waals surface area (Å²) in [4.78, 5) is 0. The Labute approximate surface area is 232 Å². The van der Waals surface area contributed by atoms with Crippen LogP contribution in [0.25, 0.3) is 0 Å². The van der Waals surface area contributed by atoms with E-state index in [1.807, 2.05) is 0 Å². The summed E-state index contributed by atoms with van der Waals surface area (Å²) in [7, 11) is -6.57. The van der Waals surface area contributed by atoms with Gasteiger partial charge in [-0.05, 0) is 84.7 Å². The first-order chi connectivity index (χ1) is 17.2. The Kier molecular flexibility index (Phi) is 13.8. The van der Waals surface area contributed by atoms with E-state index in [1.165, 1.54) is 72.5 Å². The van der Waals surface area contributed by atoms with Gasteiger partial charge in [0.1, 0.15) is 32.9 Å².